The molecule has 1 saturated carbocycles. The Kier molecular flexibility index (Phi) is 8.33. The summed E-state index contributed by atoms with van der Waals surface area (Å²) in [6, 6.07) is 5.92. The third kappa shape index (κ3) is 7.27. The maximum atomic E-state index is 13.1. The fourth-order valence-corrected chi connectivity index (χ4v) is 4.62. The minimum absolute atomic E-state index is 0.159. The first-order chi connectivity index (χ1) is 17.0. The van der Waals surface area contributed by atoms with Gasteiger partial charge in [0.25, 0.3) is 0 Å². The van der Waals surface area contributed by atoms with Crippen LogP contribution >= 0.6 is 0 Å². The molecule has 2 atom stereocenters. The number of aromatic nitrogens is 3. The third-order valence-electron chi connectivity index (χ3n) is 6.60. The normalized spacial score (nSPS) is 23.1. The Morgan fingerprint density at radius 1 is 1.03 bits per heavy atom. The predicted molar refractivity (Wildman–Crippen MR) is 128 cm³/mol. The van der Waals surface area contributed by atoms with Gasteiger partial charge in [-0.05, 0) is 37.0 Å². The second kappa shape index (κ2) is 11.8. The zero-order valence-electron chi connectivity index (χ0n) is 20.2. The number of nitrogens with zero attached hydrogens (tertiary/aromatic N) is 3. The minimum atomic E-state index is -0.755. The van der Waals surface area contributed by atoms with E-state index in [2.05, 4.69) is 26.3 Å². The van der Waals surface area contributed by atoms with Crippen molar-refractivity contribution in [2.24, 2.45) is 5.92 Å². The summed E-state index contributed by atoms with van der Waals surface area (Å²) in [5.41, 5.74) is 1.44. The van der Waals surface area contributed by atoms with Crippen molar-refractivity contribution in [2.45, 2.75) is 77.0 Å². The molecule has 5 rings (SSSR count). The van der Waals surface area contributed by atoms with Crippen molar-refractivity contribution in [3.8, 4) is 5.75 Å². The van der Waals surface area contributed by atoms with Crippen molar-refractivity contribution in [3.63, 3.8) is 0 Å². The van der Waals surface area contributed by atoms with E-state index >= 15 is 0 Å². The number of carbonyl (C=O) groups is 3. The van der Waals surface area contributed by atoms with Crippen LogP contribution in [-0.2, 0) is 33.9 Å². The molecule has 3 heterocycles. The molecule has 188 valence electrons. The standard InChI is InChI=1S/C25H34N6O4/c1-17-24(33)26-15-20-16-31(30-29-20)11-12-35-21-9-7-19(8-10-21)14-23(32)28-22(25(34)27-17)13-18-5-3-2-4-6-18/h7-10,16-18,22H,2-6,11-15H2,1H3,(H,26,33)(H,27,34)(H,28,32)/t17-,22+/m1/s1. The summed E-state index contributed by atoms with van der Waals surface area (Å²) in [5, 5.41) is 16.6. The molecule has 35 heavy (non-hydrogen) atoms. The third-order valence-corrected chi connectivity index (χ3v) is 6.60. The molecule has 0 radical (unpaired) electrons. The lowest BCUT2D eigenvalue weighted by atomic mass is 9.84. The highest BCUT2D eigenvalue weighted by molar-refractivity contribution is 5.92. The van der Waals surface area contributed by atoms with E-state index in [1.807, 2.05) is 24.3 Å². The summed E-state index contributed by atoms with van der Waals surface area (Å²) >= 11 is 0. The number of hydrogen-bond acceptors (Lipinski definition) is 6. The molecular formula is C25H34N6O4. The van der Waals surface area contributed by atoms with E-state index < -0.39 is 12.1 Å². The lowest BCUT2D eigenvalue weighted by Crippen LogP contribution is -2.53. The maximum Gasteiger partial charge on any atom is 0.243 e. The summed E-state index contributed by atoms with van der Waals surface area (Å²) in [6.45, 7) is 2.74. The minimum Gasteiger partial charge on any atom is -0.492 e. The lowest BCUT2D eigenvalue weighted by molar-refractivity contribution is -0.132. The topological polar surface area (TPSA) is 127 Å². The molecular weight excluding hydrogens is 448 g/mol. The van der Waals surface area contributed by atoms with Gasteiger partial charge in [-0.3, -0.25) is 14.4 Å². The van der Waals surface area contributed by atoms with E-state index in [4.69, 9.17) is 4.74 Å². The van der Waals surface area contributed by atoms with Crippen molar-refractivity contribution in [3.05, 3.63) is 41.7 Å². The van der Waals surface area contributed by atoms with Crippen LogP contribution in [0, 0.1) is 5.92 Å². The number of amides is 3. The van der Waals surface area contributed by atoms with Gasteiger partial charge in [-0.2, -0.15) is 0 Å². The van der Waals surface area contributed by atoms with Gasteiger partial charge in [0.2, 0.25) is 17.7 Å². The zero-order chi connectivity index (χ0) is 24.6. The van der Waals surface area contributed by atoms with Gasteiger partial charge in [-0.25, -0.2) is 4.68 Å². The molecule has 1 aromatic carbocycles. The number of benzene rings is 1. The molecule has 2 aromatic rings. The first-order valence-corrected chi connectivity index (χ1v) is 12.4. The molecule has 0 spiro atoms. The largest absolute Gasteiger partial charge is 0.492 e. The number of carbonyl (C=O) groups excluding carboxylic acids is 3. The average Bonchev–Trinajstić information content (AvgIpc) is 3.31. The quantitative estimate of drug-likeness (QED) is 0.557. The van der Waals surface area contributed by atoms with Crippen LogP contribution in [-0.4, -0.2) is 51.4 Å². The van der Waals surface area contributed by atoms with Crippen molar-refractivity contribution in [1.29, 1.82) is 0 Å². The van der Waals surface area contributed by atoms with Crippen LogP contribution in [0.4, 0.5) is 0 Å². The molecule has 1 aliphatic carbocycles. The average molecular weight is 483 g/mol. The lowest BCUT2D eigenvalue weighted by Gasteiger charge is -2.27. The van der Waals surface area contributed by atoms with Gasteiger partial charge in [0.15, 0.2) is 0 Å². The Morgan fingerprint density at radius 2 is 1.80 bits per heavy atom. The summed E-state index contributed by atoms with van der Waals surface area (Å²) in [6.07, 6.45) is 8.09. The van der Waals surface area contributed by atoms with E-state index in [9.17, 15) is 14.4 Å². The van der Waals surface area contributed by atoms with Crippen molar-refractivity contribution < 1.29 is 19.1 Å². The Hall–Kier alpha value is -3.43. The highest BCUT2D eigenvalue weighted by Gasteiger charge is 2.28. The van der Waals surface area contributed by atoms with Crippen molar-refractivity contribution in [2.75, 3.05) is 6.61 Å². The number of nitrogens with one attached hydrogen (secondary N) is 3. The van der Waals surface area contributed by atoms with E-state index in [0.717, 1.165) is 31.2 Å². The van der Waals surface area contributed by atoms with Gasteiger partial charge in [0.1, 0.15) is 30.1 Å². The SMILES string of the molecule is C[C@H]1NC(=O)[C@H](CC2CCCCC2)NC(=O)Cc2ccc(cc2)OCCn2cc(nn2)CNC1=O. The first-order valence-electron chi connectivity index (χ1n) is 12.4. The van der Waals surface area contributed by atoms with Crippen LogP contribution in [0.25, 0.3) is 0 Å². The molecule has 3 aliphatic rings. The van der Waals surface area contributed by atoms with Crippen molar-refractivity contribution >= 4 is 17.7 Å². The molecule has 1 fully saturated rings. The fourth-order valence-electron chi connectivity index (χ4n) is 4.62. The van der Waals surface area contributed by atoms with E-state index in [0.29, 0.717) is 36.9 Å². The molecule has 10 nitrogen and oxygen atoms in total. The Bertz CT molecular complexity index is 1020. The summed E-state index contributed by atoms with van der Waals surface area (Å²) < 4.78 is 7.42. The zero-order valence-corrected chi connectivity index (χ0v) is 20.2. The summed E-state index contributed by atoms with van der Waals surface area (Å²) in [7, 11) is 0. The molecule has 10 heteroatoms. The second-order valence-corrected chi connectivity index (χ2v) is 9.45. The van der Waals surface area contributed by atoms with E-state index in [1.54, 1.807) is 17.8 Å². The van der Waals surface area contributed by atoms with Gasteiger partial charge in [0, 0.05) is 0 Å². The van der Waals surface area contributed by atoms with Gasteiger partial charge in [-0.1, -0.05) is 49.5 Å². The first kappa shape index (κ1) is 24.7. The highest BCUT2D eigenvalue weighted by Crippen LogP contribution is 2.27. The molecule has 1 aromatic heterocycles. The Labute approximate surface area is 205 Å². The smallest absolute Gasteiger partial charge is 0.243 e. The fraction of sp³-hybridized carbons (Fsp3) is 0.560. The van der Waals surface area contributed by atoms with Gasteiger partial charge < -0.3 is 20.7 Å². The number of hydrogen-bond donors (Lipinski definition) is 3. The highest BCUT2D eigenvalue weighted by atomic mass is 16.5. The number of fused-ring (bicyclic) bond motifs is 13. The van der Waals surface area contributed by atoms with Gasteiger partial charge in [0.05, 0.1) is 25.7 Å². The maximum absolute atomic E-state index is 13.1. The van der Waals surface area contributed by atoms with Crippen LogP contribution in [0.15, 0.2) is 30.5 Å². The molecule has 3 N–H and O–H groups in total. The molecule has 3 amide bonds. The predicted octanol–water partition coefficient (Wildman–Crippen LogP) is 1.49. The van der Waals surface area contributed by atoms with Crippen molar-refractivity contribution in [1.82, 2.24) is 30.9 Å². The van der Waals surface area contributed by atoms with Gasteiger partial charge in [-0.15, -0.1) is 5.10 Å². The summed E-state index contributed by atoms with van der Waals surface area (Å²) in [5.74, 6) is 0.192. The van der Waals surface area contributed by atoms with Crippen LogP contribution < -0.4 is 20.7 Å². The van der Waals surface area contributed by atoms with E-state index in [1.165, 1.54) is 6.42 Å². The second-order valence-electron chi connectivity index (χ2n) is 9.45. The molecule has 0 saturated heterocycles. The van der Waals surface area contributed by atoms with Crippen LogP contribution in [0.5, 0.6) is 5.75 Å². The Morgan fingerprint density at radius 3 is 2.57 bits per heavy atom. The van der Waals surface area contributed by atoms with E-state index in [-0.39, 0.29) is 30.7 Å². The Balaban J connectivity index is 1.50. The van der Waals surface area contributed by atoms with Crippen LogP contribution in [0.1, 0.15) is 56.7 Å². The monoisotopic (exact) mass is 482 g/mol. The number of rotatable bonds is 2. The molecule has 2 aliphatic heterocycles. The number of ether oxygens (including phenoxy) is 1. The van der Waals surface area contributed by atoms with Crippen LogP contribution in [0.3, 0.4) is 0 Å². The molecule has 4 bridgehead atoms. The summed E-state index contributed by atoms with van der Waals surface area (Å²) in [4.78, 5) is 38.6. The van der Waals surface area contributed by atoms with Gasteiger partial charge >= 0.3 is 0 Å². The van der Waals surface area contributed by atoms with Crippen LogP contribution in [0.2, 0.25) is 0 Å². The molecule has 0 unspecified atom stereocenters.